The van der Waals surface area contributed by atoms with Crippen LogP contribution in [0.4, 0.5) is 13.2 Å². The molecule has 0 spiro atoms. The van der Waals surface area contributed by atoms with Crippen LogP contribution in [-0.4, -0.2) is 21.1 Å². The van der Waals surface area contributed by atoms with Crippen LogP contribution in [-0.2, 0) is 10.8 Å². The van der Waals surface area contributed by atoms with Gasteiger partial charge in [0.15, 0.2) is 0 Å². The van der Waals surface area contributed by atoms with Gasteiger partial charge in [0.05, 0.1) is 5.25 Å². The molecule has 114 valence electrons. The van der Waals surface area contributed by atoms with E-state index in [1.165, 1.54) is 12.1 Å². The molecule has 3 atom stereocenters. The lowest BCUT2D eigenvalue weighted by atomic mass is 9.93. The summed E-state index contributed by atoms with van der Waals surface area (Å²) in [4.78, 5) is 0. The highest BCUT2D eigenvalue weighted by molar-refractivity contribution is 7.86. The molecular weight excluding hydrogens is 301 g/mol. The predicted octanol–water partition coefficient (Wildman–Crippen LogP) is 4.04. The van der Waals surface area contributed by atoms with Gasteiger partial charge in [-0.25, -0.2) is 0 Å². The highest BCUT2D eigenvalue weighted by Crippen LogP contribution is 2.40. The lowest BCUT2D eigenvalue weighted by Gasteiger charge is -2.33. The minimum absolute atomic E-state index is 0.0357. The number of hydrogen-bond donors (Lipinski definition) is 0. The molecule has 0 radical (unpaired) electrons. The molecule has 2 aliphatic rings. The molecule has 0 saturated carbocycles. The first kappa shape index (κ1) is 14.6. The number of ether oxygens (including phenoxy) is 1. The third-order valence-electron chi connectivity index (χ3n) is 3.94. The molecule has 1 aromatic carbocycles. The van der Waals surface area contributed by atoms with Crippen molar-refractivity contribution in [1.82, 2.24) is 0 Å². The quantitative estimate of drug-likeness (QED) is 0.823. The van der Waals surface area contributed by atoms with Gasteiger partial charge in [-0.1, -0.05) is 30.7 Å². The Labute approximate surface area is 123 Å². The number of hydrogen-bond acceptors (Lipinski definition) is 2. The molecule has 1 aromatic rings. The Balaban J connectivity index is 1.96. The normalized spacial score (nSPS) is 28.9. The van der Waals surface area contributed by atoms with Crippen LogP contribution >= 0.6 is 0 Å². The van der Waals surface area contributed by atoms with E-state index < -0.39 is 17.2 Å². The van der Waals surface area contributed by atoms with Crippen LogP contribution in [0.25, 0.3) is 5.57 Å². The van der Waals surface area contributed by atoms with E-state index in [9.17, 15) is 17.4 Å². The molecule has 0 N–H and O–H groups in total. The average molecular weight is 316 g/mol. The minimum Gasteiger partial charge on any atom is -0.405 e. The Kier molecular flexibility index (Phi) is 3.82. The van der Waals surface area contributed by atoms with E-state index in [1.807, 2.05) is 6.08 Å². The van der Waals surface area contributed by atoms with Crippen molar-refractivity contribution in [3.05, 3.63) is 35.9 Å². The minimum atomic E-state index is -4.70. The fraction of sp³-hybridized carbons (Fsp3) is 0.467. The van der Waals surface area contributed by atoms with Gasteiger partial charge in [-0.15, -0.1) is 13.2 Å². The summed E-state index contributed by atoms with van der Waals surface area (Å²) in [7, 11) is -0.896. The zero-order valence-corrected chi connectivity index (χ0v) is 12.0. The molecule has 6 heteroatoms. The van der Waals surface area contributed by atoms with Gasteiger partial charge in [0.1, 0.15) is 5.75 Å². The smallest absolute Gasteiger partial charge is 0.405 e. The summed E-state index contributed by atoms with van der Waals surface area (Å²) in [5, 5.41) is 0.0223. The molecular formula is C15H15F3O2S. The van der Waals surface area contributed by atoms with Crippen LogP contribution in [0.1, 0.15) is 31.2 Å². The van der Waals surface area contributed by atoms with Gasteiger partial charge < -0.3 is 4.74 Å². The van der Waals surface area contributed by atoms with Crippen molar-refractivity contribution in [3.63, 3.8) is 0 Å². The molecule has 3 rings (SSSR count). The predicted molar refractivity (Wildman–Crippen MR) is 75.3 cm³/mol. The number of fused-ring (bicyclic) bond motifs is 2. The molecule has 2 aliphatic heterocycles. The highest BCUT2D eigenvalue weighted by Gasteiger charge is 2.36. The number of para-hydroxylation sites is 1. The Hall–Kier alpha value is -1.30. The van der Waals surface area contributed by atoms with E-state index in [4.69, 9.17) is 0 Å². The summed E-state index contributed by atoms with van der Waals surface area (Å²) in [6.07, 6.45) is 0.485. The van der Waals surface area contributed by atoms with Gasteiger partial charge in [-0.2, -0.15) is 0 Å². The van der Waals surface area contributed by atoms with Crippen LogP contribution in [0.2, 0.25) is 0 Å². The summed E-state index contributed by atoms with van der Waals surface area (Å²) in [5.74, 6) is -0.179. The van der Waals surface area contributed by atoms with Crippen LogP contribution < -0.4 is 4.74 Å². The van der Waals surface area contributed by atoms with Gasteiger partial charge in [-0.3, -0.25) is 4.21 Å². The fourth-order valence-corrected chi connectivity index (χ4v) is 4.98. The standard InChI is InChI=1S/C15H15F3O2S/c16-15(17,18)20-14-7-2-1-6-13(14)10-8-11-4-3-5-12(9-10)21(11)19/h1-2,6-8,11-12H,3-5,9H2. The topological polar surface area (TPSA) is 26.3 Å². The fourth-order valence-electron chi connectivity index (χ4n) is 3.04. The number of halogens is 3. The molecule has 1 fully saturated rings. The number of rotatable bonds is 2. The summed E-state index contributed by atoms with van der Waals surface area (Å²) >= 11 is 0. The van der Waals surface area contributed by atoms with E-state index >= 15 is 0 Å². The van der Waals surface area contributed by atoms with E-state index in [2.05, 4.69) is 4.74 Å². The Bertz CT molecular complexity index is 595. The van der Waals surface area contributed by atoms with Crippen molar-refractivity contribution >= 4 is 16.4 Å². The number of alkyl halides is 3. The van der Waals surface area contributed by atoms with Crippen molar-refractivity contribution in [2.75, 3.05) is 0 Å². The molecule has 2 bridgehead atoms. The zero-order valence-electron chi connectivity index (χ0n) is 11.2. The van der Waals surface area contributed by atoms with Gasteiger partial charge in [0.25, 0.3) is 0 Å². The van der Waals surface area contributed by atoms with Crippen molar-refractivity contribution in [3.8, 4) is 5.75 Å². The molecule has 2 heterocycles. The third-order valence-corrected chi connectivity index (χ3v) is 5.96. The van der Waals surface area contributed by atoms with Crippen LogP contribution in [0.5, 0.6) is 5.75 Å². The second-order valence-corrected chi connectivity index (χ2v) is 7.29. The van der Waals surface area contributed by atoms with Gasteiger partial charge in [-0.05, 0) is 30.9 Å². The average Bonchev–Trinajstić information content (AvgIpc) is 2.37. The first-order valence-corrected chi connectivity index (χ1v) is 8.17. The molecule has 2 nitrogen and oxygen atoms in total. The molecule has 3 unspecified atom stereocenters. The first-order valence-electron chi connectivity index (χ1n) is 6.89. The summed E-state index contributed by atoms with van der Waals surface area (Å²) in [5.41, 5.74) is 1.28. The van der Waals surface area contributed by atoms with Crippen molar-refractivity contribution in [1.29, 1.82) is 0 Å². The molecule has 21 heavy (non-hydrogen) atoms. The van der Waals surface area contributed by atoms with Crippen LogP contribution in [0.3, 0.4) is 0 Å². The Morgan fingerprint density at radius 1 is 1.19 bits per heavy atom. The van der Waals surface area contributed by atoms with E-state index in [1.54, 1.807) is 12.1 Å². The maximum Gasteiger partial charge on any atom is 0.573 e. The molecule has 0 aliphatic carbocycles. The van der Waals surface area contributed by atoms with Crippen molar-refractivity contribution in [2.45, 2.75) is 42.5 Å². The SMILES string of the molecule is O=S1C2C=C(c3ccccc3OC(F)(F)F)CC1CCC2. The number of allylic oxidation sites excluding steroid dienone is 1. The number of benzene rings is 1. The highest BCUT2D eigenvalue weighted by atomic mass is 32.2. The summed E-state index contributed by atoms with van der Waals surface area (Å²) < 4.78 is 53.7. The Morgan fingerprint density at radius 3 is 2.67 bits per heavy atom. The largest absolute Gasteiger partial charge is 0.573 e. The summed E-state index contributed by atoms with van der Waals surface area (Å²) in [6.45, 7) is 0. The molecule has 1 saturated heterocycles. The Morgan fingerprint density at radius 2 is 1.95 bits per heavy atom. The lowest BCUT2D eigenvalue weighted by molar-refractivity contribution is -0.274. The molecule has 0 aromatic heterocycles. The monoisotopic (exact) mass is 316 g/mol. The first-order chi connectivity index (χ1) is 9.94. The van der Waals surface area contributed by atoms with Gasteiger partial charge in [0, 0.05) is 21.6 Å². The third kappa shape index (κ3) is 3.15. The van der Waals surface area contributed by atoms with E-state index in [-0.39, 0.29) is 16.2 Å². The van der Waals surface area contributed by atoms with Crippen molar-refractivity contribution in [2.24, 2.45) is 0 Å². The second-order valence-electron chi connectivity index (χ2n) is 5.36. The zero-order chi connectivity index (χ0) is 15.0. The van der Waals surface area contributed by atoms with E-state index in [0.717, 1.165) is 24.8 Å². The second kappa shape index (κ2) is 5.48. The van der Waals surface area contributed by atoms with E-state index in [0.29, 0.717) is 12.0 Å². The lowest BCUT2D eigenvalue weighted by Crippen LogP contribution is -2.33. The summed E-state index contributed by atoms with van der Waals surface area (Å²) in [6, 6.07) is 6.18. The van der Waals surface area contributed by atoms with Crippen molar-refractivity contribution < 1.29 is 22.1 Å². The van der Waals surface area contributed by atoms with Crippen LogP contribution in [0.15, 0.2) is 30.3 Å². The molecule has 0 amide bonds. The van der Waals surface area contributed by atoms with Crippen LogP contribution in [0, 0.1) is 0 Å². The maximum absolute atomic E-state index is 12.5. The maximum atomic E-state index is 12.5. The van der Waals surface area contributed by atoms with Gasteiger partial charge in [0.2, 0.25) is 0 Å². The van der Waals surface area contributed by atoms with Gasteiger partial charge >= 0.3 is 6.36 Å².